The van der Waals surface area contributed by atoms with Gasteiger partial charge in [-0.25, -0.2) is 4.79 Å². The minimum atomic E-state index is -0.483. The van der Waals surface area contributed by atoms with E-state index in [4.69, 9.17) is 4.74 Å². The van der Waals surface area contributed by atoms with Gasteiger partial charge in [-0.05, 0) is 39.4 Å². The van der Waals surface area contributed by atoms with E-state index < -0.39 is 5.60 Å². The highest BCUT2D eigenvalue weighted by Gasteiger charge is 2.21. The SMILES string of the molecule is CNCc1ccccc1N(C)C(=O)OC(C)(C)C. The predicted molar refractivity (Wildman–Crippen MR) is 73.8 cm³/mol. The average Bonchev–Trinajstić information content (AvgIpc) is 2.27. The van der Waals surface area contributed by atoms with Gasteiger partial charge in [0.05, 0.1) is 5.69 Å². The molecule has 4 heteroatoms. The first-order valence-corrected chi connectivity index (χ1v) is 6.04. The molecule has 0 saturated carbocycles. The number of amides is 1. The Morgan fingerprint density at radius 2 is 1.94 bits per heavy atom. The Bertz CT molecular complexity index is 411. The van der Waals surface area contributed by atoms with Gasteiger partial charge in [0.2, 0.25) is 0 Å². The van der Waals surface area contributed by atoms with Crippen molar-refractivity contribution in [3.05, 3.63) is 29.8 Å². The van der Waals surface area contributed by atoms with Gasteiger partial charge in [-0.1, -0.05) is 18.2 Å². The van der Waals surface area contributed by atoms with Gasteiger partial charge in [-0.3, -0.25) is 4.90 Å². The van der Waals surface area contributed by atoms with Crippen molar-refractivity contribution in [2.75, 3.05) is 19.0 Å². The van der Waals surface area contributed by atoms with Crippen LogP contribution < -0.4 is 10.2 Å². The lowest BCUT2D eigenvalue weighted by atomic mass is 10.1. The van der Waals surface area contributed by atoms with E-state index in [-0.39, 0.29) is 6.09 Å². The molecular formula is C14H22N2O2. The standard InChI is InChI=1S/C14H22N2O2/c1-14(2,3)18-13(17)16(5)12-9-7-6-8-11(12)10-15-4/h6-9,15H,10H2,1-5H3. The van der Waals surface area contributed by atoms with Crippen LogP contribution in [-0.4, -0.2) is 25.8 Å². The lowest BCUT2D eigenvalue weighted by Gasteiger charge is -2.26. The van der Waals surface area contributed by atoms with Crippen LogP contribution in [0, 0.1) is 0 Å². The minimum Gasteiger partial charge on any atom is -0.443 e. The second kappa shape index (κ2) is 5.87. The van der Waals surface area contributed by atoms with Crippen molar-refractivity contribution in [1.82, 2.24) is 5.32 Å². The van der Waals surface area contributed by atoms with Crippen LogP contribution in [0.2, 0.25) is 0 Å². The molecule has 18 heavy (non-hydrogen) atoms. The summed E-state index contributed by atoms with van der Waals surface area (Å²) in [7, 11) is 3.60. The molecule has 0 fully saturated rings. The van der Waals surface area contributed by atoms with Crippen molar-refractivity contribution >= 4 is 11.8 Å². The number of hydrogen-bond donors (Lipinski definition) is 1. The van der Waals surface area contributed by atoms with Gasteiger partial charge in [0.25, 0.3) is 0 Å². The maximum Gasteiger partial charge on any atom is 0.414 e. The summed E-state index contributed by atoms with van der Waals surface area (Å²) < 4.78 is 5.35. The number of hydrogen-bond acceptors (Lipinski definition) is 3. The van der Waals surface area contributed by atoms with Crippen LogP contribution in [0.15, 0.2) is 24.3 Å². The van der Waals surface area contributed by atoms with Crippen LogP contribution in [0.5, 0.6) is 0 Å². The van der Waals surface area contributed by atoms with Crippen LogP contribution in [-0.2, 0) is 11.3 Å². The Morgan fingerprint density at radius 3 is 2.50 bits per heavy atom. The Balaban J connectivity index is 2.89. The highest BCUT2D eigenvalue weighted by Crippen LogP contribution is 2.21. The van der Waals surface area contributed by atoms with Crippen molar-refractivity contribution in [3.8, 4) is 0 Å². The third kappa shape index (κ3) is 4.04. The summed E-state index contributed by atoms with van der Waals surface area (Å²) >= 11 is 0. The van der Waals surface area contributed by atoms with Gasteiger partial charge < -0.3 is 10.1 Å². The van der Waals surface area contributed by atoms with Gasteiger partial charge in [-0.2, -0.15) is 0 Å². The highest BCUT2D eigenvalue weighted by atomic mass is 16.6. The van der Waals surface area contributed by atoms with E-state index in [0.29, 0.717) is 6.54 Å². The summed E-state index contributed by atoms with van der Waals surface area (Å²) in [4.78, 5) is 13.5. The first kappa shape index (κ1) is 14.5. The fourth-order valence-corrected chi connectivity index (χ4v) is 1.61. The summed E-state index contributed by atoms with van der Waals surface area (Å²) in [6.45, 7) is 6.29. The molecule has 100 valence electrons. The molecule has 1 N–H and O–H groups in total. The lowest BCUT2D eigenvalue weighted by Crippen LogP contribution is -2.34. The van der Waals surface area contributed by atoms with Crippen LogP contribution >= 0.6 is 0 Å². The van der Waals surface area contributed by atoms with Crippen molar-refractivity contribution < 1.29 is 9.53 Å². The normalized spacial score (nSPS) is 11.2. The molecule has 0 saturated heterocycles. The molecule has 0 radical (unpaired) electrons. The summed E-state index contributed by atoms with van der Waals surface area (Å²) in [6, 6.07) is 7.78. The van der Waals surface area contributed by atoms with Crippen molar-refractivity contribution in [1.29, 1.82) is 0 Å². The lowest BCUT2D eigenvalue weighted by molar-refractivity contribution is 0.0589. The molecule has 1 aromatic rings. The van der Waals surface area contributed by atoms with Gasteiger partial charge in [0.15, 0.2) is 0 Å². The number of para-hydroxylation sites is 1. The van der Waals surface area contributed by atoms with E-state index in [2.05, 4.69) is 5.32 Å². The molecule has 1 rings (SSSR count). The highest BCUT2D eigenvalue weighted by molar-refractivity contribution is 5.88. The van der Waals surface area contributed by atoms with Gasteiger partial charge in [0.1, 0.15) is 5.60 Å². The first-order valence-electron chi connectivity index (χ1n) is 6.04. The Labute approximate surface area is 109 Å². The molecule has 4 nitrogen and oxygen atoms in total. The third-order valence-corrected chi connectivity index (χ3v) is 2.39. The van der Waals surface area contributed by atoms with Crippen LogP contribution in [0.1, 0.15) is 26.3 Å². The molecule has 0 aromatic heterocycles. The van der Waals surface area contributed by atoms with Gasteiger partial charge >= 0.3 is 6.09 Å². The molecule has 0 aliphatic rings. The number of ether oxygens (including phenoxy) is 1. The maximum atomic E-state index is 12.0. The fourth-order valence-electron chi connectivity index (χ4n) is 1.61. The third-order valence-electron chi connectivity index (χ3n) is 2.39. The molecular weight excluding hydrogens is 228 g/mol. The number of benzene rings is 1. The number of carbonyl (C=O) groups excluding carboxylic acids is 1. The molecule has 0 spiro atoms. The number of nitrogens with one attached hydrogen (secondary N) is 1. The quantitative estimate of drug-likeness (QED) is 0.897. The molecule has 0 aliphatic carbocycles. The molecule has 1 aromatic carbocycles. The van der Waals surface area contributed by atoms with E-state index >= 15 is 0 Å². The Kier molecular flexibility index (Phi) is 4.73. The number of carbonyl (C=O) groups is 1. The topological polar surface area (TPSA) is 41.6 Å². The van der Waals surface area contributed by atoms with Crippen molar-refractivity contribution in [3.63, 3.8) is 0 Å². The monoisotopic (exact) mass is 250 g/mol. The minimum absolute atomic E-state index is 0.342. The summed E-state index contributed by atoms with van der Waals surface area (Å²) in [6.07, 6.45) is -0.342. The molecule has 1 amide bonds. The average molecular weight is 250 g/mol. The summed E-state index contributed by atoms with van der Waals surface area (Å²) in [5.41, 5.74) is 1.44. The largest absolute Gasteiger partial charge is 0.443 e. The molecule has 0 aliphatic heterocycles. The second-order valence-electron chi connectivity index (χ2n) is 5.20. The fraction of sp³-hybridized carbons (Fsp3) is 0.500. The van der Waals surface area contributed by atoms with Crippen molar-refractivity contribution in [2.24, 2.45) is 0 Å². The smallest absolute Gasteiger partial charge is 0.414 e. The zero-order valence-corrected chi connectivity index (χ0v) is 11.8. The van der Waals surface area contributed by atoms with E-state index in [0.717, 1.165) is 11.3 Å². The van der Waals surface area contributed by atoms with Crippen LogP contribution in [0.4, 0.5) is 10.5 Å². The van der Waals surface area contributed by atoms with E-state index in [1.807, 2.05) is 52.1 Å². The molecule has 0 unspecified atom stereocenters. The zero-order valence-electron chi connectivity index (χ0n) is 11.8. The molecule has 0 bridgehead atoms. The predicted octanol–water partition coefficient (Wildman–Crippen LogP) is 2.78. The Hall–Kier alpha value is -1.55. The van der Waals surface area contributed by atoms with E-state index in [1.54, 1.807) is 7.05 Å². The zero-order chi connectivity index (χ0) is 13.8. The number of rotatable bonds is 3. The summed E-state index contributed by atoms with van der Waals surface area (Å²) in [5.74, 6) is 0. The Morgan fingerprint density at radius 1 is 1.33 bits per heavy atom. The van der Waals surface area contributed by atoms with E-state index in [1.165, 1.54) is 4.90 Å². The molecule has 0 atom stereocenters. The van der Waals surface area contributed by atoms with Crippen molar-refractivity contribution in [2.45, 2.75) is 32.9 Å². The maximum absolute atomic E-state index is 12.0. The second-order valence-corrected chi connectivity index (χ2v) is 5.20. The number of anilines is 1. The van der Waals surface area contributed by atoms with Crippen LogP contribution in [0.25, 0.3) is 0 Å². The van der Waals surface area contributed by atoms with Gasteiger partial charge in [0, 0.05) is 13.6 Å². The van der Waals surface area contributed by atoms with Crippen LogP contribution in [0.3, 0.4) is 0 Å². The number of nitrogens with zero attached hydrogens (tertiary/aromatic N) is 1. The van der Waals surface area contributed by atoms with Gasteiger partial charge in [-0.15, -0.1) is 0 Å². The molecule has 0 heterocycles. The first-order chi connectivity index (χ1) is 8.35. The summed E-state index contributed by atoms with van der Waals surface area (Å²) in [5, 5.41) is 3.09. The van der Waals surface area contributed by atoms with E-state index in [9.17, 15) is 4.79 Å².